The van der Waals surface area contributed by atoms with Gasteiger partial charge in [-0.05, 0) is 86.0 Å². The van der Waals surface area contributed by atoms with E-state index >= 15 is 0 Å². The largest absolute Gasteiger partial charge is 0.371 e. The van der Waals surface area contributed by atoms with E-state index in [1.165, 1.54) is 24.1 Å². The van der Waals surface area contributed by atoms with Crippen LogP contribution >= 0.6 is 11.8 Å². The molecule has 5 heteroatoms. The Hall–Kier alpha value is -1.75. The third-order valence-corrected chi connectivity index (χ3v) is 8.28. The molecule has 3 nitrogen and oxygen atoms in total. The molecule has 1 aliphatic heterocycles. The molecule has 160 valence electrons. The number of hydrogen-bond donors (Lipinski definition) is 1. The van der Waals surface area contributed by atoms with Crippen molar-refractivity contribution in [2.45, 2.75) is 57.3 Å². The predicted octanol–water partition coefficient (Wildman–Crippen LogP) is 6.25. The molecule has 1 aromatic rings. The van der Waals surface area contributed by atoms with Gasteiger partial charge in [-0.2, -0.15) is 0 Å². The highest BCUT2D eigenvalue weighted by molar-refractivity contribution is 7.99. The van der Waals surface area contributed by atoms with E-state index < -0.39 is 0 Å². The maximum atomic E-state index is 13.7. The first-order chi connectivity index (χ1) is 14.5. The topological polar surface area (TPSA) is 32.3 Å². The number of nitrogens with one attached hydrogen (secondary N) is 1. The number of amides is 1. The van der Waals surface area contributed by atoms with Gasteiger partial charge in [0.2, 0.25) is 5.91 Å². The number of carbonyl (C=O) groups is 1. The Morgan fingerprint density at radius 3 is 2.90 bits per heavy atom. The SMILES string of the molecule is CCSc1cc(N2CCCC3=CC(F)=CCC3C2)cc(C)c1NC(=O)CC12CC1C2. The first-order valence-corrected chi connectivity index (χ1v) is 12.3. The lowest BCUT2D eigenvalue weighted by Gasteiger charge is -2.29. The summed E-state index contributed by atoms with van der Waals surface area (Å²) >= 11 is 1.80. The van der Waals surface area contributed by atoms with Crippen molar-refractivity contribution in [3.8, 4) is 0 Å². The van der Waals surface area contributed by atoms with Crippen LogP contribution < -0.4 is 10.2 Å². The number of thioether (sulfide) groups is 1. The first kappa shape index (κ1) is 20.2. The zero-order valence-electron chi connectivity index (χ0n) is 18.0. The number of carbonyl (C=O) groups excluding carboxylic acids is 1. The predicted molar refractivity (Wildman–Crippen MR) is 123 cm³/mol. The van der Waals surface area contributed by atoms with Crippen molar-refractivity contribution in [2.75, 3.05) is 29.1 Å². The van der Waals surface area contributed by atoms with Crippen molar-refractivity contribution in [3.63, 3.8) is 0 Å². The molecule has 30 heavy (non-hydrogen) atoms. The Balaban J connectivity index is 1.36. The molecule has 4 aliphatic rings. The number of aryl methyl sites for hydroxylation is 1. The van der Waals surface area contributed by atoms with Gasteiger partial charge in [0.1, 0.15) is 5.83 Å². The van der Waals surface area contributed by atoms with E-state index in [9.17, 15) is 9.18 Å². The van der Waals surface area contributed by atoms with Crippen LogP contribution in [0.2, 0.25) is 0 Å². The summed E-state index contributed by atoms with van der Waals surface area (Å²) in [5, 5.41) is 3.24. The molecule has 0 radical (unpaired) electrons. The molecule has 1 aromatic carbocycles. The second-order valence-electron chi connectivity index (χ2n) is 9.55. The second kappa shape index (κ2) is 7.74. The van der Waals surface area contributed by atoms with Crippen molar-refractivity contribution in [3.05, 3.63) is 41.2 Å². The third-order valence-electron chi connectivity index (χ3n) is 7.36. The molecule has 5 rings (SSSR count). The number of allylic oxidation sites excluding steroid dienone is 3. The van der Waals surface area contributed by atoms with Crippen LogP contribution in [0.25, 0.3) is 0 Å². The summed E-state index contributed by atoms with van der Waals surface area (Å²) in [7, 11) is 0. The van der Waals surface area contributed by atoms with Gasteiger partial charge in [0.15, 0.2) is 0 Å². The van der Waals surface area contributed by atoms with Crippen molar-refractivity contribution in [1.29, 1.82) is 0 Å². The molecule has 1 saturated heterocycles. The van der Waals surface area contributed by atoms with Crippen molar-refractivity contribution in [2.24, 2.45) is 17.3 Å². The van der Waals surface area contributed by atoms with Crippen LogP contribution in [0, 0.1) is 24.2 Å². The molecular formula is C25H31FN2OS. The van der Waals surface area contributed by atoms with Crippen LogP contribution in [0.5, 0.6) is 0 Å². The van der Waals surface area contributed by atoms with Crippen LogP contribution in [-0.4, -0.2) is 24.7 Å². The molecule has 3 aliphatic carbocycles. The minimum absolute atomic E-state index is 0.0736. The molecule has 3 fully saturated rings. The molecule has 1 amide bonds. The van der Waals surface area contributed by atoms with E-state index in [1.54, 1.807) is 23.9 Å². The van der Waals surface area contributed by atoms with Gasteiger partial charge in [0.25, 0.3) is 0 Å². The number of rotatable bonds is 6. The number of halogens is 1. The lowest BCUT2D eigenvalue weighted by Crippen LogP contribution is -2.29. The summed E-state index contributed by atoms with van der Waals surface area (Å²) < 4.78 is 13.7. The van der Waals surface area contributed by atoms with Crippen LogP contribution in [0.1, 0.15) is 51.0 Å². The van der Waals surface area contributed by atoms with E-state index in [-0.39, 0.29) is 11.7 Å². The van der Waals surface area contributed by atoms with Crippen LogP contribution in [0.15, 0.2) is 40.6 Å². The molecule has 2 saturated carbocycles. The van der Waals surface area contributed by atoms with Gasteiger partial charge in [-0.1, -0.05) is 12.5 Å². The highest BCUT2D eigenvalue weighted by Gasteiger charge is 2.69. The fourth-order valence-corrected chi connectivity index (χ4v) is 6.11. The maximum absolute atomic E-state index is 13.7. The second-order valence-corrected chi connectivity index (χ2v) is 10.9. The summed E-state index contributed by atoms with van der Waals surface area (Å²) in [6.45, 7) is 6.18. The summed E-state index contributed by atoms with van der Waals surface area (Å²) in [5.74, 6) is 2.30. The van der Waals surface area contributed by atoms with E-state index in [0.29, 0.717) is 17.8 Å². The molecule has 0 spiro atoms. The van der Waals surface area contributed by atoms with Crippen molar-refractivity contribution < 1.29 is 9.18 Å². The van der Waals surface area contributed by atoms with Gasteiger partial charge < -0.3 is 10.2 Å². The fraction of sp³-hybridized carbons (Fsp3) is 0.560. The number of anilines is 2. The lowest BCUT2D eigenvalue weighted by atomic mass is 9.89. The van der Waals surface area contributed by atoms with Crippen molar-refractivity contribution >= 4 is 29.0 Å². The van der Waals surface area contributed by atoms with Gasteiger partial charge >= 0.3 is 0 Å². The lowest BCUT2D eigenvalue weighted by molar-refractivity contribution is -0.116. The number of fused-ring (bicyclic) bond motifs is 2. The average Bonchev–Trinajstić information content (AvgIpc) is 3.56. The highest BCUT2D eigenvalue weighted by atomic mass is 32.2. The first-order valence-electron chi connectivity index (χ1n) is 11.4. The normalized spacial score (nSPS) is 29.2. The molecular weight excluding hydrogens is 395 g/mol. The Labute approximate surface area is 183 Å². The number of nitrogens with zero attached hydrogens (tertiary/aromatic N) is 1. The van der Waals surface area contributed by atoms with Crippen LogP contribution in [0.3, 0.4) is 0 Å². The zero-order valence-corrected chi connectivity index (χ0v) is 18.8. The molecule has 1 atom stereocenters. The Morgan fingerprint density at radius 2 is 2.17 bits per heavy atom. The molecule has 1 N–H and O–H groups in total. The van der Waals surface area contributed by atoms with Crippen molar-refractivity contribution in [1.82, 2.24) is 0 Å². The summed E-state index contributed by atoms with van der Waals surface area (Å²) in [6, 6.07) is 4.47. The van der Waals surface area contributed by atoms with E-state index in [0.717, 1.165) is 60.2 Å². The molecule has 1 heterocycles. The molecule has 0 aromatic heterocycles. The maximum Gasteiger partial charge on any atom is 0.224 e. The smallest absolute Gasteiger partial charge is 0.224 e. The van der Waals surface area contributed by atoms with Crippen LogP contribution in [0.4, 0.5) is 15.8 Å². The molecule has 1 unspecified atom stereocenters. The molecule has 0 bridgehead atoms. The van der Waals surface area contributed by atoms with Gasteiger partial charge in [-0.3, -0.25) is 4.79 Å². The Kier molecular flexibility index (Phi) is 5.20. The van der Waals surface area contributed by atoms with Gasteiger partial charge in [0, 0.05) is 36.0 Å². The fourth-order valence-electron chi connectivity index (χ4n) is 5.24. The summed E-state index contributed by atoms with van der Waals surface area (Å²) in [4.78, 5) is 16.3. The quantitative estimate of drug-likeness (QED) is 0.546. The van der Waals surface area contributed by atoms with Crippen LogP contribution in [-0.2, 0) is 4.79 Å². The van der Waals surface area contributed by atoms with E-state index in [2.05, 4.69) is 36.2 Å². The van der Waals surface area contributed by atoms with Gasteiger partial charge in [-0.15, -0.1) is 11.8 Å². The van der Waals surface area contributed by atoms with Gasteiger partial charge in [0.05, 0.1) is 5.69 Å². The number of hydrogen-bond acceptors (Lipinski definition) is 3. The Bertz CT molecular complexity index is 931. The number of benzene rings is 1. The zero-order chi connectivity index (χ0) is 20.9. The minimum Gasteiger partial charge on any atom is -0.371 e. The summed E-state index contributed by atoms with van der Waals surface area (Å²) in [5.41, 5.74) is 4.98. The van der Waals surface area contributed by atoms with Gasteiger partial charge in [-0.25, -0.2) is 4.39 Å². The van der Waals surface area contributed by atoms with E-state index in [1.807, 2.05) is 0 Å². The average molecular weight is 427 g/mol. The highest BCUT2D eigenvalue weighted by Crippen LogP contribution is 2.77. The minimum atomic E-state index is -0.0736. The third kappa shape index (κ3) is 3.93. The monoisotopic (exact) mass is 426 g/mol. The summed E-state index contributed by atoms with van der Waals surface area (Å²) in [6.07, 6.45) is 9.48. The van der Waals surface area contributed by atoms with E-state index in [4.69, 9.17) is 0 Å². The standard InChI is InChI=1S/C25H31FN2OS/c1-3-30-22-11-21(28-8-4-5-17-10-20(26)7-6-18(17)15-28)9-16(2)24(22)27-23(29)14-25-12-19(25)13-25/h7,9-11,18-19H,3-6,8,12-15H2,1-2H3,(H,27,29). The Morgan fingerprint density at radius 1 is 1.37 bits per heavy atom.